The lowest BCUT2D eigenvalue weighted by molar-refractivity contribution is -0.130. The molecule has 0 saturated carbocycles. The van der Waals surface area contributed by atoms with Crippen LogP contribution in [0.25, 0.3) is 0 Å². The van der Waals surface area contributed by atoms with E-state index in [0.29, 0.717) is 28.9 Å². The summed E-state index contributed by atoms with van der Waals surface area (Å²) >= 11 is 5.99. The molecule has 1 saturated heterocycles. The zero-order valence-electron chi connectivity index (χ0n) is 20.7. The Hall–Kier alpha value is -3.51. The number of amides is 2. The maximum absolute atomic E-state index is 12.9. The molecule has 4 rings (SSSR count). The lowest BCUT2D eigenvalue weighted by Gasteiger charge is -2.31. The second-order valence-corrected chi connectivity index (χ2v) is 9.64. The molecule has 1 unspecified atom stereocenters. The van der Waals surface area contributed by atoms with Gasteiger partial charge in [0, 0.05) is 37.1 Å². The molecule has 1 aliphatic heterocycles. The first kappa shape index (κ1) is 25.6. The number of nitrogens with one attached hydrogen (secondary N) is 2. The van der Waals surface area contributed by atoms with Gasteiger partial charge in [0.25, 0.3) is 0 Å². The van der Waals surface area contributed by atoms with Crippen LogP contribution < -0.4 is 15.4 Å². The standard InChI is InChI=1S/C29H32ClN3O3/c1-20(31-27-9-5-6-10-28(27)36-24-13-11-23(30)12-14-24)25-7-3-4-8-26(25)32-29(35)19-22-15-17-33(18-16-22)21(2)34/h3-14,20,22,31H,15-19H2,1-2H3,(H,32,35). The molecular formula is C29H32ClN3O3. The van der Waals surface area contributed by atoms with E-state index < -0.39 is 0 Å². The molecule has 0 aromatic heterocycles. The number of likely N-dealkylation sites (tertiary alicyclic amines) is 1. The first-order valence-corrected chi connectivity index (χ1v) is 12.7. The molecule has 36 heavy (non-hydrogen) atoms. The lowest BCUT2D eigenvalue weighted by Crippen LogP contribution is -2.37. The number of benzene rings is 3. The monoisotopic (exact) mass is 505 g/mol. The first-order chi connectivity index (χ1) is 17.4. The number of piperidine rings is 1. The summed E-state index contributed by atoms with van der Waals surface area (Å²) in [6.45, 7) is 5.10. The highest BCUT2D eigenvalue weighted by atomic mass is 35.5. The fourth-order valence-corrected chi connectivity index (χ4v) is 4.65. The van der Waals surface area contributed by atoms with Gasteiger partial charge in [0.2, 0.25) is 11.8 Å². The van der Waals surface area contributed by atoms with E-state index in [4.69, 9.17) is 16.3 Å². The Morgan fingerprint density at radius 3 is 2.31 bits per heavy atom. The number of nitrogens with zero attached hydrogens (tertiary/aromatic N) is 1. The number of hydrogen-bond donors (Lipinski definition) is 2. The van der Waals surface area contributed by atoms with Crippen LogP contribution in [-0.2, 0) is 9.59 Å². The van der Waals surface area contributed by atoms with Crippen molar-refractivity contribution in [2.45, 2.75) is 39.2 Å². The van der Waals surface area contributed by atoms with E-state index in [2.05, 4.69) is 17.6 Å². The maximum Gasteiger partial charge on any atom is 0.224 e. The van der Waals surface area contributed by atoms with Crippen LogP contribution >= 0.6 is 11.6 Å². The van der Waals surface area contributed by atoms with Crippen LogP contribution in [-0.4, -0.2) is 29.8 Å². The van der Waals surface area contributed by atoms with E-state index in [1.807, 2.05) is 65.6 Å². The summed E-state index contributed by atoms with van der Waals surface area (Å²) in [7, 11) is 0. The van der Waals surface area contributed by atoms with E-state index in [1.165, 1.54) is 0 Å². The highest BCUT2D eigenvalue weighted by Gasteiger charge is 2.23. The molecule has 1 fully saturated rings. The van der Waals surface area contributed by atoms with E-state index >= 15 is 0 Å². The van der Waals surface area contributed by atoms with Gasteiger partial charge in [-0.25, -0.2) is 0 Å². The Kier molecular flexibility index (Phi) is 8.49. The number of carbonyl (C=O) groups excluding carboxylic acids is 2. The number of rotatable bonds is 8. The summed E-state index contributed by atoms with van der Waals surface area (Å²) < 4.78 is 6.09. The fourth-order valence-electron chi connectivity index (χ4n) is 4.52. The highest BCUT2D eigenvalue weighted by Crippen LogP contribution is 2.34. The number of ether oxygens (including phenoxy) is 1. The molecule has 2 amide bonds. The van der Waals surface area contributed by atoms with Crippen LogP contribution in [0.15, 0.2) is 72.8 Å². The minimum atomic E-state index is -0.0877. The minimum Gasteiger partial charge on any atom is -0.455 e. The van der Waals surface area contributed by atoms with E-state index in [-0.39, 0.29) is 17.9 Å². The quantitative estimate of drug-likeness (QED) is 0.349. The summed E-state index contributed by atoms with van der Waals surface area (Å²) in [5, 5.41) is 7.30. The van der Waals surface area contributed by atoms with Crippen LogP contribution in [0.3, 0.4) is 0 Å². The van der Waals surface area contributed by atoms with Crippen molar-refractivity contribution in [2.24, 2.45) is 5.92 Å². The second-order valence-electron chi connectivity index (χ2n) is 9.21. The van der Waals surface area contributed by atoms with Gasteiger partial charge in [-0.3, -0.25) is 9.59 Å². The van der Waals surface area contributed by atoms with Gasteiger partial charge in [0.05, 0.1) is 11.7 Å². The molecule has 7 heteroatoms. The van der Waals surface area contributed by atoms with Crippen molar-refractivity contribution in [3.63, 3.8) is 0 Å². The topological polar surface area (TPSA) is 70.7 Å². The van der Waals surface area contributed by atoms with Crippen molar-refractivity contribution < 1.29 is 14.3 Å². The molecule has 6 nitrogen and oxygen atoms in total. The third kappa shape index (κ3) is 6.79. The van der Waals surface area contributed by atoms with Gasteiger partial charge in [-0.05, 0) is 73.7 Å². The molecule has 0 radical (unpaired) electrons. The lowest BCUT2D eigenvalue weighted by atomic mass is 9.93. The van der Waals surface area contributed by atoms with Crippen molar-refractivity contribution in [3.05, 3.63) is 83.4 Å². The molecule has 0 aliphatic carbocycles. The molecular weight excluding hydrogens is 474 g/mol. The molecule has 2 N–H and O–H groups in total. The van der Waals surface area contributed by atoms with Gasteiger partial charge in [0.1, 0.15) is 5.75 Å². The molecule has 1 heterocycles. The van der Waals surface area contributed by atoms with Gasteiger partial charge < -0.3 is 20.3 Å². The average Bonchev–Trinajstić information content (AvgIpc) is 2.87. The van der Waals surface area contributed by atoms with Crippen molar-refractivity contribution in [1.29, 1.82) is 0 Å². The Morgan fingerprint density at radius 2 is 1.61 bits per heavy atom. The van der Waals surface area contributed by atoms with E-state index in [1.54, 1.807) is 19.1 Å². The smallest absolute Gasteiger partial charge is 0.224 e. The van der Waals surface area contributed by atoms with Crippen LogP contribution in [0.4, 0.5) is 11.4 Å². The van der Waals surface area contributed by atoms with Gasteiger partial charge in [0.15, 0.2) is 5.75 Å². The Balaban J connectivity index is 1.40. The van der Waals surface area contributed by atoms with Crippen molar-refractivity contribution in [1.82, 2.24) is 4.90 Å². The van der Waals surface area contributed by atoms with Crippen LogP contribution in [0.2, 0.25) is 5.02 Å². The summed E-state index contributed by atoms with van der Waals surface area (Å²) in [5.41, 5.74) is 2.62. The third-order valence-corrected chi connectivity index (χ3v) is 6.79. The van der Waals surface area contributed by atoms with Crippen LogP contribution in [0.1, 0.15) is 44.7 Å². The molecule has 1 aliphatic rings. The molecule has 0 bridgehead atoms. The zero-order valence-corrected chi connectivity index (χ0v) is 21.4. The van der Waals surface area contributed by atoms with Crippen molar-refractivity contribution in [2.75, 3.05) is 23.7 Å². The van der Waals surface area contributed by atoms with E-state index in [9.17, 15) is 9.59 Å². The Bertz CT molecular complexity index is 1190. The number of para-hydroxylation sites is 3. The Labute approximate surface area is 217 Å². The summed E-state index contributed by atoms with van der Waals surface area (Å²) in [5.74, 6) is 1.80. The number of anilines is 2. The molecule has 3 aromatic carbocycles. The predicted molar refractivity (Wildman–Crippen MR) is 145 cm³/mol. The number of carbonyl (C=O) groups is 2. The summed E-state index contributed by atoms with van der Waals surface area (Å²) in [6.07, 6.45) is 2.17. The number of halogens is 1. The second kappa shape index (κ2) is 12.0. The first-order valence-electron chi connectivity index (χ1n) is 12.3. The van der Waals surface area contributed by atoms with Gasteiger partial charge in [-0.15, -0.1) is 0 Å². The SMILES string of the molecule is CC(=O)N1CCC(CC(=O)Nc2ccccc2C(C)Nc2ccccc2Oc2ccc(Cl)cc2)CC1. The fraction of sp³-hybridized carbons (Fsp3) is 0.310. The molecule has 1 atom stereocenters. The van der Waals surface area contributed by atoms with Gasteiger partial charge in [-0.1, -0.05) is 41.9 Å². The van der Waals surface area contributed by atoms with Crippen molar-refractivity contribution >= 4 is 34.8 Å². The summed E-state index contributed by atoms with van der Waals surface area (Å²) in [4.78, 5) is 26.3. The van der Waals surface area contributed by atoms with Gasteiger partial charge in [-0.2, -0.15) is 0 Å². The van der Waals surface area contributed by atoms with Gasteiger partial charge >= 0.3 is 0 Å². The number of hydrogen-bond acceptors (Lipinski definition) is 4. The van der Waals surface area contributed by atoms with E-state index in [0.717, 1.165) is 42.9 Å². The highest BCUT2D eigenvalue weighted by molar-refractivity contribution is 6.30. The minimum absolute atomic E-state index is 0.00222. The van der Waals surface area contributed by atoms with Crippen molar-refractivity contribution in [3.8, 4) is 11.5 Å². The Morgan fingerprint density at radius 1 is 0.972 bits per heavy atom. The molecule has 188 valence electrons. The molecule has 0 spiro atoms. The van der Waals surface area contributed by atoms with Crippen LogP contribution in [0.5, 0.6) is 11.5 Å². The average molecular weight is 506 g/mol. The largest absolute Gasteiger partial charge is 0.455 e. The predicted octanol–water partition coefficient (Wildman–Crippen LogP) is 6.89. The zero-order chi connectivity index (χ0) is 25.5. The maximum atomic E-state index is 12.9. The third-order valence-electron chi connectivity index (χ3n) is 6.54. The normalized spacial score (nSPS) is 14.7. The summed E-state index contributed by atoms with van der Waals surface area (Å²) in [6, 6.07) is 22.8. The van der Waals surface area contributed by atoms with Crippen LogP contribution in [0, 0.1) is 5.92 Å². The molecule has 3 aromatic rings.